The first-order chi connectivity index (χ1) is 17.7. The lowest BCUT2D eigenvalue weighted by atomic mass is 9.99. The molecule has 0 spiro atoms. The van der Waals surface area contributed by atoms with Crippen molar-refractivity contribution in [3.8, 4) is 11.3 Å². The average molecular weight is 531 g/mol. The number of carbonyl (C=O) groups is 2. The molecule has 1 aromatic carbocycles. The van der Waals surface area contributed by atoms with E-state index in [-0.39, 0.29) is 23.2 Å². The third-order valence-corrected chi connectivity index (χ3v) is 6.69. The van der Waals surface area contributed by atoms with Gasteiger partial charge in [0.2, 0.25) is 5.91 Å². The van der Waals surface area contributed by atoms with Crippen LogP contribution in [0.15, 0.2) is 48.2 Å². The number of rotatable bonds is 11. The van der Waals surface area contributed by atoms with Crippen LogP contribution in [0.5, 0.6) is 0 Å². The number of carbonyl (C=O) groups excluding carboxylic acids is 2. The Kier molecular flexibility index (Phi) is 8.17. The van der Waals surface area contributed by atoms with Gasteiger partial charge < -0.3 is 16.0 Å². The zero-order valence-electron chi connectivity index (χ0n) is 19.7. The molecule has 0 aliphatic heterocycles. The maximum absolute atomic E-state index is 13.0. The number of thiazole rings is 1. The molecule has 4 aromatic rings. The topological polar surface area (TPSA) is 127 Å². The van der Waals surface area contributed by atoms with Crippen molar-refractivity contribution in [2.45, 2.75) is 44.2 Å². The number of benzene rings is 1. The quantitative estimate of drug-likeness (QED) is 0.234. The summed E-state index contributed by atoms with van der Waals surface area (Å²) < 4.78 is 38.9. The van der Waals surface area contributed by atoms with E-state index in [9.17, 15) is 22.8 Å². The van der Waals surface area contributed by atoms with Crippen molar-refractivity contribution in [3.63, 3.8) is 0 Å². The van der Waals surface area contributed by atoms with Gasteiger partial charge in [-0.05, 0) is 31.0 Å². The molecular weight excluding hydrogens is 505 g/mol. The Bertz CT molecular complexity index is 1370. The van der Waals surface area contributed by atoms with Crippen LogP contribution < -0.4 is 11.1 Å². The van der Waals surface area contributed by atoms with Gasteiger partial charge >= 0.3 is 6.18 Å². The number of unbranched alkanes of at least 4 members (excludes halogenated alkanes) is 2. The number of hydrogen-bond acceptors (Lipinski definition) is 6. The molecule has 12 heteroatoms. The zero-order valence-corrected chi connectivity index (χ0v) is 20.5. The van der Waals surface area contributed by atoms with E-state index in [0.29, 0.717) is 41.2 Å². The average Bonchev–Trinajstić information content (AvgIpc) is 3.57. The fourth-order valence-electron chi connectivity index (χ4n) is 3.97. The van der Waals surface area contributed by atoms with Crippen molar-refractivity contribution in [1.82, 2.24) is 25.3 Å². The number of nitrogens with two attached hydrogens (primary N) is 1. The number of primary amides is 1. The van der Waals surface area contributed by atoms with Gasteiger partial charge in [0.25, 0.3) is 5.91 Å². The molecule has 3 heterocycles. The summed E-state index contributed by atoms with van der Waals surface area (Å²) in [5.41, 5.74) is 7.57. The number of nitrogens with one attached hydrogen (secondary N) is 2. The van der Waals surface area contributed by atoms with Crippen LogP contribution in [0.1, 0.15) is 59.2 Å². The molecule has 194 valence electrons. The Morgan fingerprint density at radius 2 is 1.95 bits per heavy atom. The summed E-state index contributed by atoms with van der Waals surface area (Å²) in [7, 11) is 0. The molecule has 1 atom stereocenters. The van der Waals surface area contributed by atoms with E-state index in [1.54, 1.807) is 29.9 Å². The van der Waals surface area contributed by atoms with Gasteiger partial charge in [0.05, 0.1) is 29.1 Å². The first-order valence-electron chi connectivity index (χ1n) is 11.7. The Morgan fingerprint density at radius 1 is 1.11 bits per heavy atom. The highest BCUT2D eigenvalue weighted by molar-refractivity contribution is 7.11. The predicted molar refractivity (Wildman–Crippen MR) is 134 cm³/mol. The number of halogens is 3. The number of alkyl halides is 3. The lowest BCUT2D eigenvalue weighted by molar-refractivity contribution is -0.141. The summed E-state index contributed by atoms with van der Waals surface area (Å²) in [5, 5.41) is 3.50. The van der Waals surface area contributed by atoms with Crippen molar-refractivity contribution < 1.29 is 22.8 Å². The zero-order chi connectivity index (χ0) is 26.4. The molecule has 3 aromatic heterocycles. The summed E-state index contributed by atoms with van der Waals surface area (Å²) in [5.74, 6) is 0.0216. The standard InChI is InChI=1S/C25H25F3N6O2S/c26-25(27,28)21-9-7-15-10-16(6-8-18(15)33-21)19-12-31-23(34-19)17(4-2-1-3-5-22(29)35)11-32-24(36)20-13-30-14-37-20/h6-10,12-14,17H,1-5,11H2,(H2,29,35)(H,31,34)(H,32,36). The Morgan fingerprint density at radius 3 is 2.68 bits per heavy atom. The van der Waals surface area contributed by atoms with Gasteiger partial charge in [0, 0.05) is 29.8 Å². The lowest BCUT2D eigenvalue weighted by Crippen LogP contribution is -2.28. The van der Waals surface area contributed by atoms with Crippen LogP contribution in [-0.2, 0) is 11.0 Å². The monoisotopic (exact) mass is 530 g/mol. The summed E-state index contributed by atoms with van der Waals surface area (Å²) in [4.78, 5) is 39.4. The molecule has 4 rings (SSSR count). The first kappa shape index (κ1) is 26.3. The van der Waals surface area contributed by atoms with Gasteiger partial charge in [-0.3, -0.25) is 14.6 Å². The van der Waals surface area contributed by atoms with Crippen LogP contribution in [0.25, 0.3) is 22.2 Å². The molecule has 0 fully saturated rings. The molecule has 8 nitrogen and oxygen atoms in total. The number of H-pyrrole nitrogens is 1. The normalized spacial score (nSPS) is 12.5. The Balaban J connectivity index is 1.49. The number of hydrogen-bond donors (Lipinski definition) is 3. The van der Waals surface area contributed by atoms with E-state index < -0.39 is 11.9 Å². The van der Waals surface area contributed by atoms with Gasteiger partial charge in [0.15, 0.2) is 0 Å². The van der Waals surface area contributed by atoms with Gasteiger partial charge in [-0.25, -0.2) is 9.97 Å². The number of aromatic amines is 1. The van der Waals surface area contributed by atoms with Crippen LogP contribution >= 0.6 is 11.3 Å². The largest absolute Gasteiger partial charge is 0.433 e. The molecule has 0 aliphatic rings. The van der Waals surface area contributed by atoms with E-state index in [1.807, 2.05) is 0 Å². The van der Waals surface area contributed by atoms with Crippen LogP contribution in [0.3, 0.4) is 0 Å². The van der Waals surface area contributed by atoms with E-state index >= 15 is 0 Å². The Labute approximate surface area is 214 Å². The van der Waals surface area contributed by atoms with E-state index in [2.05, 4.69) is 25.3 Å². The minimum atomic E-state index is -4.50. The second-order valence-corrected chi connectivity index (χ2v) is 9.51. The smallest absolute Gasteiger partial charge is 0.370 e. The van der Waals surface area contributed by atoms with Gasteiger partial charge in [-0.15, -0.1) is 11.3 Å². The maximum atomic E-state index is 13.0. The molecule has 0 aliphatic carbocycles. The SMILES string of the molecule is NC(=O)CCCCCC(CNC(=O)c1cncs1)c1ncc(-c2ccc3nc(C(F)(F)F)ccc3c2)[nH]1. The number of aromatic nitrogens is 4. The third kappa shape index (κ3) is 6.91. The fourth-order valence-corrected chi connectivity index (χ4v) is 4.51. The maximum Gasteiger partial charge on any atom is 0.433 e. The number of fused-ring (bicyclic) bond motifs is 1. The summed E-state index contributed by atoms with van der Waals surface area (Å²) in [6.45, 7) is 0.349. The minimum absolute atomic E-state index is 0.115. The second-order valence-electron chi connectivity index (χ2n) is 8.62. The lowest BCUT2D eigenvalue weighted by Gasteiger charge is -2.15. The highest BCUT2D eigenvalue weighted by Gasteiger charge is 2.32. The van der Waals surface area contributed by atoms with Crippen LogP contribution in [0.2, 0.25) is 0 Å². The first-order valence-corrected chi connectivity index (χ1v) is 12.6. The van der Waals surface area contributed by atoms with E-state index in [1.165, 1.54) is 23.6 Å². The van der Waals surface area contributed by atoms with E-state index in [0.717, 1.165) is 30.9 Å². The van der Waals surface area contributed by atoms with Crippen molar-refractivity contribution in [1.29, 1.82) is 0 Å². The fraction of sp³-hybridized carbons (Fsp3) is 0.320. The highest BCUT2D eigenvalue weighted by Crippen LogP contribution is 2.31. The minimum Gasteiger partial charge on any atom is -0.370 e. The van der Waals surface area contributed by atoms with Crippen molar-refractivity contribution >= 4 is 34.1 Å². The van der Waals surface area contributed by atoms with Gasteiger partial charge in [0.1, 0.15) is 16.4 Å². The number of imidazole rings is 1. The van der Waals surface area contributed by atoms with Crippen molar-refractivity contribution in [3.05, 3.63) is 64.6 Å². The van der Waals surface area contributed by atoms with Crippen molar-refractivity contribution in [2.75, 3.05) is 6.54 Å². The number of pyridine rings is 1. The van der Waals surface area contributed by atoms with Gasteiger partial charge in [-0.2, -0.15) is 13.2 Å². The summed E-state index contributed by atoms with van der Waals surface area (Å²) in [6.07, 6.45) is 2.04. The number of amides is 2. The second kappa shape index (κ2) is 11.5. The number of nitrogens with zero attached hydrogens (tertiary/aromatic N) is 3. The molecule has 4 N–H and O–H groups in total. The van der Waals surface area contributed by atoms with Gasteiger partial charge in [-0.1, -0.05) is 25.0 Å². The predicted octanol–water partition coefficient (Wildman–Crippen LogP) is 5.05. The van der Waals surface area contributed by atoms with Crippen LogP contribution in [0.4, 0.5) is 13.2 Å². The van der Waals surface area contributed by atoms with Crippen LogP contribution in [-0.4, -0.2) is 38.3 Å². The molecule has 0 saturated heterocycles. The molecule has 2 amide bonds. The Hall–Kier alpha value is -3.80. The summed E-state index contributed by atoms with van der Waals surface area (Å²) >= 11 is 1.25. The third-order valence-electron chi connectivity index (χ3n) is 5.91. The molecular formula is C25H25F3N6O2S. The highest BCUT2D eigenvalue weighted by atomic mass is 32.1. The van der Waals surface area contributed by atoms with E-state index in [4.69, 9.17) is 5.73 Å². The molecule has 0 bridgehead atoms. The van der Waals surface area contributed by atoms with Crippen LogP contribution in [0, 0.1) is 0 Å². The molecule has 1 unspecified atom stereocenters. The van der Waals surface area contributed by atoms with Crippen molar-refractivity contribution in [2.24, 2.45) is 5.73 Å². The molecule has 0 radical (unpaired) electrons. The summed E-state index contributed by atoms with van der Waals surface area (Å²) in [6, 6.07) is 7.35. The molecule has 37 heavy (non-hydrogen) atoms. The molecule has 0 saturated carbocycles.